The zero-order chi connectivity index (χ0) is 17.4. The molecule has 0 aliphatic rings. The molecule has 0 aliphatic carbocycles. The first-order valence-corrected chi connectivity index (χ1v) is 9.39. The Morgan fingerprint density at radius 3 is 2.48 bits per heavy atom. The molecule has 0 atom stereocenters. The van der Waals surface area contributed by atoms with E-state index in [2.05, 4.69) is 15.4 Å². The largest absolute Gasteiger partial charge is 0.276 e. The summed E-state index contributed by atoms with van der Waals surface area (Å²) in [5.74, 6) is -0.472. The van der Waals surface area contributed by atoms with Crippen molar-refractivity contribution in [2.75, 3.05) is 0 Å². The van der Waals surface area contributed by atoms with Gasteiger partial charge >= 0.3 is 0 Å². The molecular weight excluding hydrogens is 336 g/mol. The number of sulfonamides is 1. The lowest BCUT2D eigenvalue weighted by molar-refractivity contribution is 0.0949. The molecule has 9 heteroatoms. The third-order valence-electron chi connectivity index (χ3n) is 3.58. The van der Waals surface area contributed by atoms with Gasteiger partial charge in [-0.15, -0.1) is 16.2 Å². The molecule has 0 aromatic carbocycles. The second-order valence-electron chi connectivity index (χ2n) is 5.25. The van der Waals surface area contributed by atoms with Crippen molar-refractivity contribution in [2.24, 2.45) is 7.05 Å². The Morgan fingerprint density at radius 2 is 2.00 bits per heavy atom. The molecule has 2 N–H and O–H groups in total. The van der Waals surface area contributed by atoms with Crippen molar-refractivity contribution in [1.82, 2.24) is 20.0 Å². The normalized spacial score (nSPS) is 11.7. The molecule has 2 aromatic rings. The van der Waals surface area contributed by atoms with Gasteiger partial charge in [-0.1, -0.05) is 6.92 Å². The first-order valence-electron chi connectivity index (χ1n) is 7.09. The number of nitrogens with zero attached hydrogens (tertiary/aromatic N) is 2. The van der Waals surface area contributed by atoms with Crippen molar-refractivity contribution in [3.8, 4) is 0 Å². The van der Waals surface area contributed by atoms with Crippen LogP contribution in [0.4, 0.5) is 0 Å². The number of carbonyl (C=O) groups excluding carboxylic acids is 1. The van der Waals surface area contributed by atoms with Crippen LogP contribution in [0.25, 0.3) is 0 Å². The van der Waals surface area contributed by atoms with Crippen LogP contribution in [0.3, 0.4) is 0 Å². The van der Waals surface area contributed by atoms with Gasteiger partial charge in [-0.05, 0) is 38.8 Å². The topological polar surface area (TPSA) is 93.1 Å². The van der Waals surface area contributed by atoms with Gasteiger partial charge < -0.3 is 0 Å². The smallest absolute Gasteiger partial charge is 0.273 e. The lowest BCUT2D eigenvalue weighted by Crippen LogP contribution is -2.41. The summed E-state index contributed by atoms with van der Waals surface area (Å²) in [4.78, 5) is 15.9. The van der Waals surface area contributed by atoms with Crippen LogP contribution in [-0.4, -0.2) is 24.1 Å². The molecule has 0 saturated carbocycles. The highest BCUT2D eigenvalue weighted by atomic mass is 32.2. The van der Waals surface area contributed by atoms with Crippen molar-refractivity contribution in [3.05, 3.63) is 32.8 Å². The van der Waals surface area contributed by atoms with Crippen LogP contribution < -0.4 is 10.3 Å². The van der Waals surface area contributed by atoms with Gasteiger partial charge in [0.15, 0.2) is 0 Å². The maximum Gasteiger partial charge on any atom is 0.276 e. The molecule has 0 radical (unpaired) electrons. The summed E-state index contributed by atoms with van der Waals surface area (Å²) in [6.45, 7) is 7.21. The lowest BCUT2D eigenvalue weighted by atomic mass is 10.2. The molecule has 0 spiro atoms. The predicted molar refractivity (Wildman–Crippen MR) is 88.9 cm³/mol. The fraction of sp³-hybridized carbons (Fsp3) is 0.429. The number of rotatable bonds is 5. The highest BCUT2D eigenvalue weighted by Gasteiger charge is 2.24. The third kappa shape index (κ3) is 3.46. The average molecular weight is 356 g/mol. The van der Waals surface area contributed by atoms with E-state index >= 15 is 0 Å². The maximum absolute atomic E-state index is 12.4. The van der Waals surface area contributed by atoms with E-state index in [-0.39, 0.29) is 4.90 Å². The Labute approximate surface area is 139 Å². The molecule has 1 amide bonds. The standard InChI is InChI=1S/C14H20N4O3S2/c1-6-11-8(2)7-12(22-11)14(19)15-17-23(20,21)13-9(3)16-18(5)10(13)4/h7,17H,6H2,1-5H3,(H,15,19). The van der Waals surface area contributed by atoms with Crippen LogP contribution in [0, 0.1) is 20.8 Å². The number of hydrogen-bond acceptors (Lipinski definition) is 5. The van der Waals surface area contributed by atoms with Crippen molar-refractivity contribution < 1.29 is 13.2 Å². The summed E-state index contributed by atoms with van der Waals surface area (Å²) in [7, 11) is -2.21. The first-order chi connectivity index (χ1) is 10.7. The second-order valence-corrected chi connectivity index (χ2v) is 8.01. The second kappa shape index (κ2) is 6.42. The zero-order valence-electron chi connectivity index (χ0n) is 13.7. The van der Waals surface area contributed by atoms with Gasteiger partial charge in [0.25, 0.3) is 15.9 Å². The van der Waals surface area contributed by atoms with Crippen LogP contribution in [0.5, 0.6) is 0 Å². The molecule has 0 fully saturated rings. The van der Waals surface area contributed by atoms with Crippen molar-refractivity contribution in [3.63, 3.8) is 0 Å². The summed E-state index contributed by atoms with van der Waals surface area (Å²) in [6, 6.07) is 1.76. The number of nitrogens with one attached hydrogen (secondary N) is 2. The van der Waals surface area contributed by atoms with Crippen LogP contribution in [0.15, 0.2) is 11.0 Å². The number of thiophene rings is 1. The van der Waals surface area contributed by atoms with E-state index in [4.69, 9.17) is 0 Å². The van der Waals surface area contributed by atoms with Crippen molar-refractivity contribution in [2.45, 2.75) is 39.0 Å². The predicted octanol–water partition coefficient (Wildman–Crippen LogP) is 1.59. The number of hydrazine groups is 1. The number of aromatic nitrogens is 2. The van der Waals surface area contributed by atoms with E-state index in [1.165, 1.54) is 16.0 Å². The quantitative estimate of drug-likeness (QED) is 0.796. The van der Waals surface area contributed by atoms with Crippen molar-refractivity contribution >= 4 is 27.3 Å². The molecule has 0 unspecified atom stereocenters. The lowest BCUT2D eigenvalue weighted by Gasteiger charge is -2.08. The minimum absolute atomic E-state index is 0.0805. The fourth-order valence-electron chi connectivity index (χ4n) is 2.35. The Bertz CT molecular complexity index is 850. The SMILES string of the molecule is CCc1sc(C(=O)NNS(=O)(=O)c2c(C)nn(C)c2C)cc1C. The summed E-state index contributed by atoms with van der Waals surface area (Å²) in [6.07, 6.45) is 0.837. The Kier molecular flexibility index (Phi) is 4.92. The Morgan fingerprint density at radius 1 is 1.35 bits per heavy atom. The van der Waals surface area contributed by atoms with Crippen LogP contribution in [0.2, 0.25) is 0 Å². The van der Waals surface area contributed by atoms with Gasteiger partial charge in [-0.3, -0.25) is 14.9 Å². The molecule has 23 heavy (non-hydrogen) atoms. The summed E-state index contributed by atoms with van der Waals surface area (Å²) in [5.41, 5.74) is 4.18. The minimum Gasteiger partial charge on any atom is -0.273 e. The summed E-state index contributed by atoms with van der Waals surface area (Å²) in [5, 5.41) is 4.08. The summed E-state index contributed by atoms with van der Waals surface area (Å²) >= 11 is 1.36. The Hall–Kier alpha value is -1.71. The van der Waals surface area contributed by atoms with E-state index < -0.39 is 15.9 Å². The molecule has 0 saturated heterocycles. The van der Waals surface area contributed by atoms with Gasteiger partial charge in [0.2, 0.25) is 0 Å². The molecule has 0 bridgehead atoms. The van der Waals surface area contributed by atoms with Gasteiger partial charge in [0.05, 0.1) is 16.3 Å². The average Bonchev–Trinajstić information content (AvgIpc) is 2.97. The highest BCUT2D eigenvalue weighted by Crippen LogP contribution is 2.22. The van der Waals surface area contributed by atoms with E-state index in [9.17, 15) is 13.2 Å². The highest BCUT2D eigenvalue weighted by molar-refractivity contribution is 7.89. The van der Waals surface area contributed by atoms with Crippen LogP contribution in [0.1, 0.15) is 38.4 Å². The zero-order valence-corrected chi connectivity index (χ0v) is 15.4. The van der Waals surface area contributed by atoms with Crippen LogP contribution in [-0.2, 0) is 23.5 Å². The van der Waals surface area contributed by atoms with Gasteiger partial charge in [0, 0.05) is 11.9 Å². The van der Waals surface area contributed by atoms with E-state index in [0.717, 1.165) is 16.9 Å². The molecule has 2 heterocycles. The van der Waals surface area contributed by atoms with Crippen molar-refractivity contribution in [1.29, 1.82) is 0 Å². The maximum atomic E-state index is 12.4. The van der Waals surface area contributed by atoms with E-state index in [1.54, 1.807) is 27.0 Å². The number of amides is 1. The molecule has 2 aromatic heterocycles. The van der Waals surface area contributed by atoms with E-state index in [0.29, 0.717) is 16.3 Å². The van der Waals surface area contributed by atoms with Crippen LogP contribution >= 0.6 is 11.3 Å². The van der Waals surface area contributed by atoms with E-state index in [1.807, 2.05) is 13.8 Å². The molecular formula is C14H20N4O3S2. The molecule has 126 valence electrons. The number of hydrogen-bond donors (Lipinski definition) is 2. The fourth-order valence-corrected chi connectivity index (χ4v) is 4.64. The summed E-state index contributed by atoms with van der Waals surface area (Å²) < 4.78 is 26.2. The molecule has 0 aliphatic heterocycles. The van der Waals surface area contributed by atoms with Gasteiger partial charge in [-0.2, -0.15) is 5.10 Å². The Balaban J connectivity index is 2.17. The minimum atomic E-state index is -3.87. The number of aryl methyl sites for hydroxylation is 4. The monoisotopic (exact) mass is 356 g/mol. The third-order valence-corrected chi connectivity index (χ3v) is 6.46. The molecule has 7 nitrogen and oxygen atoms in total. The van der Waals surface area contributed by atoms with Gasteiger partial charge in [0.1, 0.15) is 4.90 Å². The number of carbonyl (C=O) groups is 1. The molecule has 2 rings (SSSR count). The first kappa shape index (κ1) is 17.6. The van der Waals surface area contributed by atoms with Gasteiger partial charge in [-0.25, -0.2) is 8.42 Å².